The molecular formula is C15H31BrO3. The van der Waals surface area contributed by atoms with E-state index in [2.05, 4.69) is 15.9 Å². The highest BCUT2D eigenvalue weighted by atomic mass is 79.9. The van der Waals surface area contributed by atoms with Gasteiger partial charge in [0.1, 0.15) is 6.61 Å². The van der Waals surface area contributed by atoms with Crippen LogP contribution < -0.4 is 0 Å². The summed E-state index contributed by atoms with van der Waals surface area (Å²) < 4.78 is 9.97. The predicted octanol–water partition coefficient (Wildman–Crippen LogP) is 4.72. The highest BCUT2D eigenvalue weighted by molar-refractivity contribution is 9.09. The first-order chi connectivity index (χ1) is 9.31. The second-order valence-corrected chi connectivity index (χ2v) is 4.81. The SMILES string of the molecule is CC.CCOC(=O)COCCCCCCCCCBr. The normalized spacial score (nSPS) is 9.68. The molecule has 0 aliphatic rings. The number of rotatable bonds is 12. The van der Waals surface area contributed by atoms with Gasteiger partial charge in [0.15, 0.2) is 0 Å². The van der Waals surface area contributed by atoms with E-state index in [1.54, 1.807) is 6.92 Å². The van der Waals surface area contributed by atoms with E-state index in [-0.39, 0.29) is 12.6 Å². The maximum atomic E-state index is 10.9. The summed E-state index contributed by atoms with van der Waals surface area (Å²) in [4.78, 5) is 10.9. The molecule has 0 fully saturated rings. The Morgan fingerprint density at radius 1 is 0.947 bits per heavy atom. The van der Waals surface area contributed by atoms with Crippen LogP contribution in [0.25, 0.3) is 0 Å². The van der Waals surface area contributed by atoms with Gasteiger partial charge < -0.3 is 9.47 Å². The molecule has 0 N–H and O–H groups in total. The van der Waals surface area contributed by atoms with Crippen molar-refractivity contribution in [3.8, 4) is 0 Å². The number of hydrogen-bond donors (Lipinski definition) is 0. The van der Waals surface area contributed by atoms with Crippen LogP contribution in [0.15, 0.2) is 0 Å². The number of carbonyl (C=O) groups is 1. The molecule has 4 heteroatoms. The van der Waals surface area contributed by atoms with Crippen molar-refractivity contribution in [1.82, 2.24) is 0 Å². The number of unbranched alkanes of at least 4 members (excludes halogenated alkanes) is 6. The maximum Gasteiger partial charge on any atom is 0.332 e. The standard InChI is InChI=1S/C13H25BrO3.C2H6/c1-2-17-13(15)12-16-11-9-7-5-3-4-6-8-10-14;1-2/h2-12H2,1H3;1-2H3. The molecular weight excluding hydrogens is 308 g/mol. The van der Waals surface area contributed by atoms with Crippen LogP contribution in [0.5, 0.6) is 0 Å². The number of esters is 1. The van der Waals surface area contributed by atoms with E-state index in [0.29, 0.717) is 13.2 Å². The summed E-state index contributed by atoms with van der Waals surface area (Å²) in [6.07, 6.45) is 8.74. The lowest BCUT2D eigenvalue weighted by Gasteiger charge is -2.04. The third kappa shape index (κ3) is 20.4. The first kappa shape index (κ1) is 21.2. The van der Waals surface area contributed by atoms with Gasteiger partial charge in [0.05, 0.1) is 6.61 Å². The van der Waals surface area contributed by atoms with Gasteiger partial charge in [0.2, 0.25) is 0 Å². The van der Waals surface area contributed by atoms with E-state index in [1.165, 1.54) is 38.5 Å². The Morgan fingerprint density at radius 2 is 1.47 bits per heavy atom. The van der Waals surface area contributed by atoms with Crippen molar-refractivity contribution in [3.05, 3.63) is 0 Å². The second-order valence-electron chi connectivity index (χ2n) is 4.02. The largest absolute Gasteiger partial charge is 0.464 e. The zero-order valence-electron chi connectivity index (χ0n) is 12.9. The number of halogens is 1. The van der Waals surface area contributed by atoms with Crippen LogP contribution in [0.1, 0.15) is 65.7 Å². The zero-order chi connectivity index (χ0) is 14.8. The van der Waals surface area contributed by atoms with E-state index in [4.69, 9.17) is 9.47 Å². The Balaban J connectivity index is 0. The average molecular weight is 339 g/mol. The molecule has 116 valence electrons. The summed E-state index contributed by atoms with van der Waals surface area (Å²) in [5.74, 6) is -0.262. The van der Waals surface area contributed by atoms with Crippen molar-refractivity contribution >= 4 is 21.9 Å². The summed E-state index contributed by atoms with van der Waals surface area (Å²) in [6.45, 7) is 6.99. The van der Waals surface area contributed by atoms with Crippen LogP contribution in [-0.2, 0) is 14.3 Å². The van der Waals surface area contributed by atoms with Crippen molar-refractivity contribution in [3.63, 3.8) is 0 Å². The van der Waals surface area contributed by atoms with Crippen LogP contribution in [-0.4, -0.2) is 31.1 Å². The smallest absolute Gasteiger partial charge is 0.332 e. The van der Waals surface area contributed by atoms with Crippen LogP contribution in [0, 0.1) is 0 Å². The molecule has 0 aromatic rings. The molecule has 0 aromatic heterocycles. The van der Waals surface area contributed by atoms with Gasteiger partial charge in [-0.15, -0.1) is 0 Å². The third-order valence-electron chi connectivity index (χ3n) is 2.45. The van der Waals surface area contributed by atoms with E-state index in [1.807, 2.05) is 13.8 Å². The van der Waals surface area contributed by atoms with Gasteiger partial charge in [-0.1, -0.05) is 61.9 Å². The van der Waals surface area contributed by atoms with E-state index >= 15 is 0 Å². The molecule has 0 saturated carbocycles. The molecule has 0 aromatic carbocycles. The molecule has 3 nitrogen and oxygen atoms in total. The molecule has 0 radical (unpaired) electrons. The fourth-order valence-electron chi connectivity index (χ4n) is 1.54. The average Bonchev–Trinajstić information content (AvgIpc) is 2.43. The van der Waals surface area contributed by atoms with Crippen LogP contribution in [0.3, 0.4) is 0 Å². The number of ether oxygens (including phenoxy) is 2. The van der Waals surface area contributed by atoms with Crippen molar-refractivity contribution in [2.24, 2.45) is 0 Å². The van der Waals surface area contributed by atoms with Crippen molar-refractivity contribution in [2.45, 2.75) is 65.7 Å². The summed E-state index contributed by atoms with van der Waals surface area (Å²) in [6, 6.07) is 0. The number of alkyl halides is 1. The first-order valence-electron chi connectivity index (χ1n) is 7.60. The summed E-state index contributed by atoms with van der Waals surface area (Å²) >= 11 is 3.43. The molecule has 0 unspecified atom stereocenters. The van der Waals surface area contributed by atoms with Gasteiger partial charge in [0, 0.05) is 11.9 Å². The summed E-state index contributed by atoms with van der Waals surface area (Å²) in [5, 5.41) is 1.12. The van der Waals surface area contributed by atoms with E-state index in [9.17, 15) is 4.79 Å². The van der Waals surface area contributed by atoms with Gasteiger partial charge in [-0.05, 0) is 19.8 Å². The molecule has 0 rings (SSSR count). The van der Waals surface area contributed by atoms with Gasteiger partial charge >= 0.3 is 5.97 Å². The minimum atomic E-state index is -0.262. The first-order valence-corrected chi connectivity index (χ1v) is 8.72. The topological polar surface area (TPSA) is 35.5 Å². The molecule has 0 spiro atoms. The Morgan fingerprint density at radius 3 is 2.00 bits per heavy atom. The quantitative estimate of drug-likeness (QED) is 0.293. The van der Waals surface area contributed by atoms with Crippen LogP contribution in [0.4, 0.5) is 0 Å². The Kier molecular flexibility index (Phi) is 22.6. The predicted molar refractivity (Wildman–Crippen MR) is 84.9 cm³/mol. The Hall–Kier alpha value is -0.0900. The van der Waals surface area contributed by atoms with E-state index < -0.39 is 0 Å². The van der Waals surface area contributed by atoms with Crippen LogP contribution >= 0.6 is 15.9 Å². The molecule has 0 saturated heterocycles. The van der Waals surface area contributed by atoms with Gasteiger partial charge in [-0.3, -0.25) is 0 Å². The number of carbonyl (C=O) groups excluding carboxylic acids is 1. The fourth-order valence-corrected chi connectivity index (χ4v) is 1.94. The van der Waals surface area contributed by atoms with Crippen molar-refractivity contribution < 1.29 is 14.3 Å². The summed E-state index contributed by atoms with van der Waals surface area (Å²) in [7, 11) is 0. The fraction of sp³-hybridized carbons (Fsp3) is 0.933. The van der Waals surface area contributed by atoms with Crippen molar-refractivity contribution in [1.29, 1.82) is 0 Å². The molecule has 19 heavy (non-hydrogen) atoms. The highest BCUT2D eigenvalue weighted by Gasteiger charge is 2.00. The van der Waals surface area contributed by atoms with Gasteiger partial charge in [-0.25, -0.2) is 4.79 Å². The Bertz CT molecular complexity index is 175. The lowest BCUT2D eigenvalue weighted by molar-refractivity contribution is -0.148. The third-order valence-corrected chi connectivity index (χ3v) is 3.01. The molecule has 0 heterocycles. The number of hydrogen-bond acceptors (Lipinski definition) is 3. The lowest BCUT2D eigenvalue weighted by atomic mass is 10.1. The second kappa shape index (κ2) is 20.2. The van der Waals surface area contributed by atoms with E-state index in [0.717, 1.165) is 11.8 Å². The van der Waals surface area contributed by atoms with Crippen molar-refractivity contribution in [2.75, 3.05) is 25.2 Å². The molecule has 0 aliphatic carbocycles. The Labute approximate surface area is 127 Å². The molecule has 0 aliphatic heterocycles. The molecule has 0 amide bonds. The molecule has 0 bridgehead atoms. The monoisotopic (exact) mass is 338 g/mol. The lowest BCUT2D eigenvalue weighted by Crippen LogP contribution is -2.12. The highest BCUT2D eigenvalue weighted by Crippen LogP contribution is 2.08. The minimum Gasteiger partial charge on any atom is -0.464 e. The zero-order valence-corrected chi connectivity index (χ0v) is 14.5. The maximum absolute atomic E-state index is 10.9. The molecule has 0 atom stereocenters. The van der Waals surface area contributed by atoms with Gasteiger partial charge in [-0.2, -0.15) is 0 Å². The van der Waals surface area contributed by atoms with Gasteiger partial charge in [0.25, 0.3) is 0 Å². The summed E-state index contributed by atoms with van der Waals surface area (Å²) in [5.41, 5.74) is 0. The van der Waals surface area contributed by atoms with Crippen LogP contribution in [0.2, 0.25) is 0 Å². The minimum absolute atomic E-state index is 0.0963.